The van der Waals surface area contributed by atoms with E-state index in [0.717, 1.165) is 32.1 Å². The molecule has 0 heterocycles. The summed E-state index contributed by atoms with van der Waals surface area (Å²) in [4.78, 5) is 34.5. The number of hydrogen-bond acceptors (Lipinski definition) is 4. The zero-order chi connectivity index (χ0) is 14.5. The molecule has 2 aliphatic rings. The molecule has 0 bridgehead atoms. The maximum Gasteiger partial charge on any atom is 0.321 e. The highest BCUT2D eigenvalue weighted by molar-refractivity contribution is 5.95. The van der Waals surface area contributed by atoms with Gasteiger partial charge in [0.15, 0.2) is 6.61 Å². The van der Waals surface area contributed by atoms with E-state index in [9.17, 15) is 14.4 Å². The van der Waals surface area contributed by atoms with Crippen LogP contribution in [0.3, 0.4) is 0 Å². The third-order valence-corrected chi connectivity index (χ3v) is 3.95. The van der Waals surface area contributed by atoms with Gasteiger partial charge in [-0.3, -0.25) is 14.9 Å². The maximum absolute atomic E-state index is 11.6. The van der Waals surface area contributed by atoms with Gasteiger partial charge < -0.3 is 10.1 Å². The lowest BCUT2D eigenvalue weighted by Crippen LogP contribution is -2.46. The summed E-state index contributed by atoms with van der Waals surface area (Å²) in [6.45, 7) is 1.57. The van der Waals surface area contributed by atoms with Gasteiger partial charge in [-0.25, -0.2) is 4.79 Å². The van der Waals surface area contributed by atoms with Crippen LogP contribution in [0.5, 0.6) is 0 Å². The normalized spacial score (nSPS) is 25.6. The average Bonchev–Trinajstić information content (AvgIpc) is 3.14. The summed E-state index contributed by atoms with van der Waals surface area (Å²) in [5, 5.41) is 4.96. The van der Waals surface area contributed by atoms with Crippen molar-refractivity contribution in [2.75, 3.05) is 6.61 Å². The predicted octanol–water partition coefficient (Wildman–Crippen LogP) is 1.34. The van der Waals surface area contributed by atoms with Crippen molar-refractivity contribution >= 4 is 17.9 Å². The van der Waals surface area contributed by atoms with Crippen LogP contribution in [0, 0.1) is 11.8 Å². The van der Waals surface area contributed by atoms with Gasteiger partial charge in [0, 0.05) is 6.04 Å². The van der Waals surface area contributed by atoms with Crippen molar-refractivity contribution in [3.05, 3.63) is 0 Å². The molecule has 0 unspecified atom stereocenters. The van der Waals surface area contributed by atoms with Gasteiger partial charge in [-0.1, -0.05) is 26.2 Å². The van der Waals surface area contributed by atoms with Crippen LogP contribution in [0.1, 0.15) is 45.4 Å². The van der Waals surface area contributed by atoms with Crippen LogP contribution in [-0.4, -0.2) is 30.6 Å². The highest BCUT2D eigenvalue weighted by atomic mass is 16.5. The summed E-state index contributed by atoms with van der Waals surface area (Å²) in [5.41, 5.74) is 0. The first kappa shape index (κ1) is 14.8. The van der Waals surface area contributed by atoms with Crippen LogP contribution >= 0.6 is 0 Å². The van der Waals surface area contributed by atoms with Crippen molar-refractivity contribution in [3.8, 4) is 0 Å². The van der Waals surface area contributed by atoms with E-state index in [2.05, 4.69) is 10.6 Å². The van der Waals surface area contributed by atoms with E-state index in [1.54, 1.807) is 0 Å². The molecule has 0 aliphatic heterocycles. The lowest BCUT2D eigenvalue weighted by atomic mass is 9.96. The quantitative estimate of drug-likeness (QED) is 0.762. The number of amides is 3. The molecular weight excluding hydrogens is 260 g/mol. The number of urea groups is 1. The van der Waals surface area contributed by atoms with Crippen LogP contribution in [-0.2, 0) is 14.3 Å². The Morgan fingerprint density at radius 2 is 1.80 bits per heavy atom. The van der Waals surface area contributed by atoms with Crippen molar-refractivity contribution in [1.29, 1.82) is 0 Å². The monoisotopic (exact) mass is 282 g/mol. The molecule has 0 aromatic heterocycles. The van der Waals surface area contributed by atoms with Gasteiger partial charge in [0.25, 0.3) is 5.91 Å². The first-order valence-corrected chi connectivity index (χ1v) is 7.33. The molecule has 6 nitrogen and oxygen atoms in total. The Labute approximate surface area is 118 Å². The van der Waals surface area contributed by atoms with E-state index in [4.69, 9.17) is 4.74 Å². The second kappa shape index (κ2) is 6.72. The molecule has 2 aliphatic carbocycles. The minimum atomic E-state index is -0.583. The highest BCUT2D eigenvalue weighted by Gasteiger charge is 2.40. The van der Waals surface area contributed by atoms with E-state index in [1.165, 1.54) is 6.42 Å². The standard InChI is InChI=1S/C14H22N2O4/c1-9-7-11(9)13(18)20-8-12(17)16-14(19)15-10-5-3-2-4-6-10/h9-11H,2-8H2,1H3,(H2,15,16,17,19)/t9-,11+/m0/s1. The van der Waals surface area contributed by atoms with E-state index < -0.39 is 11.9 Å². The first-order valence-electron chi connectivity index (χ1n) is 7.33. The molecule has 2 rings (SSSR count). The minimum Gasteiger partial charge on any atom is -0.455 e. The third kappa shape index (κ3) is 4.51. The number of ether oxygens (including phenoxy) is 1. The molecule has 2 fully saturated rings. The van der Waals surface area contributed by atoms with E-state index >= 15 is 0 Å². The summed E-state index contributed by atoms with van der Waals surface area (Å²) in [6.07, 6.45) is 6.15. The number of carbonyl (C=O) groups excluding carboxylic acids is 3. The Kier molecular flexibility index (Phi) is 4.98. The molecular formula is C14H22N2O4. The molecule has 2 N–H and O–H groups in total. The zero-order valence-corrected chi connectivity index (χ0v) is 11.8. The van der Waals surface area contributed by atoms with Crippen LogP contribution in [0.15, 0.2) is 0 Å². The fourth-order valence-electron chi connectivity index (χ4n) is 2.53. The number of rotatable bonds is 4. The molecule has 0 aromatic carbocycles. The van der Waals surface area contributed by atoms with Gasteiger partial charge in [-0.05, 0) is 25.2 Å². The Morgan fingerprint density at radius 3 is 2.40 bits per heavy atom. The largest absolute Gasteiger partial charge is 0.455 e. The molecule has 3 amide bonds. The fraction of sp³-hybridized carbons (Fsp3) is 0.786. The molecule has 0 saturated heterocycles. The summed E-state index contributed by atoms with van der Waals surface area (Å²) in [5.74, 6) is -0.653. The number of nitrogens with one attached hydrogen (secondary N) is 2. The van der Waals surface area contributed by atoms with E-state index in [1.807, 2.05) is 6.92 Å². The summed E-state index contributed by atoms with van der Waals surface area (Å²) in [7, 11) is 0. The first-order chi connectivity index (χ1) is 9.56. The molecule has 0 aromatic rings. The molecule has 2 atom stereocenters. The summed E-state index contributed by atoms with van der Waals surface area (Å²) >= 11 is 0. The van der Waals surface area contributed by atoms with Gasteiger partial charge in [0.2, 0.25) is 0 Å². The molecule has 2 saturated carbocycles. The number of esters is 1. The smallest absolute Gasteiger partial charge is 0.321 e. The lowest BCUT2D eigenvalue weighted by molar-refractivity contribution is -0.149. The van der Waals surface area contributed by atoms with Crippen molar-refractivity contribution < 1.29 is 19.1 Å². The topological polar surface area (TPSA) is 84.5 Å². The lowest BCUT2D eigenvalue weighted by Gasteiger charge is -2.22. The molecule has 0 radical (unpaired) electrons. The van der Waals surface area contributed by atoms with Gasteiger partial charge in [-0.2, -0.15) is 0 Å². The van der Waals surface area contributed by atoms with Gasteiger partial charge in [0.1, 0.15) is 0 Å². The minimum absolute atomic E-state index is 0.0705. The Bertz CT molecular complexity index is 391. The molecule has 6 heteroatoms. The number of hydrogen-bond donors (Lipinski definition) is 2. The van der Waals surface area contributed by atoms with E-state index in [0.29, 0.717) is 5.92 Å². The second-order valence-corrected chi connectivity index (χ2v) is 5.78. The zero-order valence-electron chi connectivity index (χ0n) is 11.8. The fourth-order valence-corrected chi connectivity index (χ4v) is 2.53. The van der Waals surface area contributed by atoms with Crippen LogP contribution in [0.25, 0.3) is 0 Å². The van der Waals surface area contributed by atoms with Gasteiger partial charge in [0.05, 0.1) is 5.92 Å². The van der Waals surface area contributed by atoms with Crippen molar-refractivity contribution in [2.45, 2.75) is 51.5 Å². The van der Waals surface area contributed by atoms with Crippen LogP contribution < -0.4 is 10.6 Å². The SMILES string of the molecule is C[C@H]1C[C@H]1C(=O)OCC(=O)NC(=O)NC1CCCCC1. The maximum atomic E-state index is 11.6. The Hall–Kier alpha value is -1.59. The molecule has 20 heavy (non-hydrogen) atoms. The Morgan fingerprint density at radius 1 is 1.15 bits per heavy atom. The molecule has 112 valence electrons. The van der Waals surface area contributed by atoms with Crippen molar-refractivity contribution in [1.82, 2.24) is 10.6 Å². The van der Waals surface area contributed by atoms with Crippen molar-refractivity contribution in [2.24, 2.45) is 11.8 Å². The number of carbonyl (C=O) groups is 3. The van der Waals surface area contributed by atoms with Gasteiger partial charge in [-0.15, -0.1) is 0 Å². The summed E-state index contributed by atoms with van der Waals surface area (Å²) in [6, 6.07) is -0.357. The average molecular weight is 282 g/mol. The second-order valence-electron chi connectivity index (χ2n) is 5.78. The Balaban J connectivity index is 1.60. The predicted molar refractivity (Wildman–Crippen MR) is 71.8 cm³/mol. The van der Waals surface area contributed by atoms with Crippen LogP contribution in [0.2, 0.25) is 0 Å². The number of imide groups is 1. The molecule has 0 spiro atoms. The third-order valence-electron chi connectivity index (χ3n) is 3.95. The van der Waals surface area contributed by atoms with Crippen LogP contribution in [0.4, 0.5) is 4.79 Å². The van der Waals surface area contributed by atoms with E-state index in [-0.39, 0.29) is 24.5 Å². The van der Waals surface area contributed by atoms with Crippen molar-refractivity contribution in [3.63, 3.8) is 0 Å². The van der Waals surface area contributed by atoms with Gasteiger partial charge >= 0.3 is 12.0 Å². The summed E-state index contributed by atoms with van der Waals surface area (Å²) < 4.78 is 4.86. The highest BCUT2D eigenvalue weighted by Crippen LogP contribution is 2.38.